The maximum atomic E-state index is 13.3. The highest BCUT2D eigenvalue weighted by Crippen LogP contribution is 2.32. The lowest BCUT2D eigenvalue weighted by atomic mass is 10.0. The van der Waals surface area contributed by atoms with Crippen LogP contribution in [0.3, 0.4) is 0 Å². The lowest BCUT2D eigenvalue weighted by Crippen LogP contribution is -2.33. The van der Waals surface area contributed by atoms with Gasteiger partial charge in [0.25, 0.3) is 0 Å². The fourth-order valence-corrected chi connectivity index (χ4v) is 3.97. The van der Waals surface area contributed by atoms with Gasteiger partial charge in [0.1, 0.15) is 17.7 Å². The highest BCUT2D eigenvalue weighted by molar-refractivity contribution is 7.91. The van der Waals surface area contributed by atoms with Crippen LogP contribution in [0, 0.1) is 5.82 Å². The minimum absolute atomic E-state index is 0.0517. The Bertz CT molecular complexity index is 867. The predicted molar refractivity (Wildman–Crippen MR) is 85.1 cm³/mol. The van der Waals surface area contributed by atoms with Crippen LogP contribution in [-0.2, 0) is 21.1 Å². The summed E-state index contributed by atoms with van der Waals surface area (Å²) in [4.78, 5) is 10.3. The van der Waals surface area contributed by atoms with Crippen molar-refractivity contribution in [3.05, 3.63) is 53.8 Å². The molecule has 1 unspecified atom stereocenters. The van der Waals surface area contributed by atoms with Gasteiger partial charge in [0.2, 0.25) is 16.2 Å². The summed E-state index contributed by atoms with van der Waals surface area (Å²) >= 11 is 0. The topological polar surface area (TPSA) is 72.5 Å². The van der Waals surface area contributed by atoms with Crippen LogP contribution >= 0.6 is 0 Å². The van der Waals surface area contributed by atoms with Crippen molar-refractivity contribution in [2.45, 2.75) is 28.7 Å². The standard InChI is InChI=1S/C17H16FNO4S/c18-13-2-1-3-15(8-13)24(21,22)16-7-5-12-4-6-14(10-19-11-20)23-17(12)9-16/h1-3,5,7-9,11,14H,4,6,10H2,(H,19,20). The van der Waals surface area contributed by atoms with Crippen molar-refractivity contribution in [1.82, 2.24) is 5.32 Å². The van der Waals surface area contributed by atoms with Gasteiger partial charge in [-0.1, -0.05) is 12.1 Å². The molecule has 0 spiro atoms. The van der Waals surface area contributed by atoms with Gasteiger partial charge < -0.3 is 10.1 Å². The van der Waals surface area contributed by atoms with E-state index in [0.29, 0.717) is 18.7 Å². The van der Waals surface area contributed by atoms with Crippen molar-refractivity contribution in [3.63, 3.8) is 0 Å². The lowest BCUT2D eigenvalue weighted by molar-refractivity contribution is -0.109. The average Bonchev–Trinajstić information content (AvgIpc) is 2.59. The summed E-state index contributed by atoms with van der Waals surface area (Å²) < 4.78 is 44.4. The van der Waals surface area contributed by atoms with Crippen LogP contribution in [0.25, 0.3) is 0 Å². The normalized spacial score (nSPS) is 16.8. The number of sulfone groups is 1. The van der Waals surface area contributed by atoms with Gasteiger partial charge in [-0.3, -0.25) is 4.79 Å². The van der Waals surface area contributed by atoms with Gasteiger partial charge in [-0.05, 0) is 48.7 Å². The van der Waals surface area contributed by atoms with E-state index in [-0.39, 0.29) is 15.9 Å². The largest absolute Gasteiger partial charge is 0.488 e. The molecule has 0 radical (unpaired) electrons. The van der Waals surface area contributed by atoms with E-state index in [1.165, 1.54) is 30.3 Å². The number of ether oxygens (including phenoxy) is 1. The van der Waals surface area contributed by atoms with Crippen molar-refractivity contribution >= 4 is 16.2 Å². The maximum Gasteiger partial charge on any atom is 0.207 e. The summed E-state index contributed by atoms with van der Waals surface area (Å²) in [6, 6.07) is 9.58. The summed E-state index contributed by atoms with van der Waals surface area (Å²) in [5.74, 6) is -0.123. The summed E-state index contributed by atoms with van der Waals surface area (Å²) in [7, 11) is -3.82. The Morgan fingerprint density at radius 1 is 1.21 bits per heavy atom. The van der Waals surface area contributed by atoms with Gasteiger partial charge in [-0.2, -0.15) is 0 Å². The van der Waals surface area contributed by atoms with E-state index in [4.69, 9.17) is 4.74 Å². The molecular formula is C17H16FNO4S. The Labute approximate surface area is 139 Å². The van der Waals surface area contributed by atoms with Gasteiger partial charge in [-0.15, -0.1) is 0 Å². The molecular weight excluding hydrogens is 333 g/mol. The Morgan fingerprint density at radius 3 is 2.75 bits per heavy atom. The van der Waals surface area contributed by atoms with E-state index in [1.807, 2.05) is 0 Å². The summed E-state index contributed by atoms with van der Waals surface area (Å²) in [6.07, 6.45) is 1.88. The minimum Gasteiger partial charge on any atom is -0.488 e. The third kappa shape index (κ3) is 3.26. The monoisotopic (exact) mass is 349 g/mol. The van der Waals surface area contributed by atoms with Crippen LogP contribution < -0.4 is 10.1 Å². The number of nitrogens with one attached hydrogen (secondary N) is 1. The van der Waals surface area contributed by atoms with E-state index in [2.05, 4.69) is 5.32 Å². The van der Waals surface area contributed by atoms with E-state index in [0.717, 1.165) is 24.5 Å². The van der Waals surface area contributed by atoms with Crippen LogP contribution in [0.5, 0.6) is 5.75 Å². The molecule has 0 fully saturated rings. The number of fused-ring (bicyclic) bond motifs is 1. The molecule has 2 aromatic carbocycles. The number of halogens is 1. The molecule has 2 aromatic rings. The number of hydrogen-bond acceptors (Lipinski definition) is 4. The molecule has 0 saturated heterocycles. The first-order valence-corrected chi connectivity index (χ1v) is 8.96. The first-order chi connectivity index (χ1) is 11.5. The van der Waals surface area contributed by atoms with E-state index >= 15 is 0 Å². The number of amides is 1. The van der Waals surface area contributed by atoms with Crippen LogP contribution in [0.2, 0.25) is 0 Å². The van der Waals surface area contributed by atoms with E-state index in [9.17, 15) is 17.6 Å². The molecule has 1 atom stereocenters. The maximum absolute atomic E-state index is 13.3. The number of carbonyl (C=O) groups excluding carboxylic acids is 1. The Morgan fingerprint density at radius 2 is 2.00 bits per heavy atom. The van der Waals surface area contributed by atoms with Gasteiger partial charge in [0, 0.05) is 0 Å². The summed E-state index contributed by atoms with van der Waals surface area (Å²) in [5, 5.41) is 2.56. The second-order valence-electron chi connectivity index (χ2n) is 5.53. The number of hydrogen-bond donors (Lipinski definition) is 1. The molecule has 24 heavy (non-hydrogen) atoms. The molecule has 1 N–H and O–H groups in total. The van der Waals surface area contributed by atoms with Gasteiger partial charge in [0.05, 0.1) is 16.3 Å². The third-order valence-electron chi connectivity index (χ3n) is 3.91. The zero-order valence-corrected chi connectivity index (χ0v) is 13.6. The lowest BCUT2D eigenvalue weighted by Gasteiger charge is -2.26. The van der Waals surface area contributed by atoms with Crippen molar-refractivity contribution in [1.29, 1.82) is 0 Å². The zero-order chi connectivity index (χ0) is 17.2. The first kappa shape index (κ1) is 16.4. The van der Waals surface area contributed by atoms with Crippen LogP contribution in [-0.4, -0.2) is 27.5 Å². The predicted octanol–water partition coefficient (Wildman–Crippen LogP) is 2.10. The summed E-state index contributed by atoms with van der Waals surface area (Å²) in [5.41, 5.74) is 0.913. The highest BCUT2D eigenvalue weighted by Gasteiger charge is 2.24. The van der Waals surface area contributed by atoms with Gasteiger partial charge in [0.15, 0.2) is 0 Å². The van der Waals surface area contributed by atoms with Crippen LogP contribution in [0.4, 0.5) is 4.39 Å². The molecule has 5 nitrogen and oxygen atoms in total. The SMILES string of the molecule is O=CNCC1CCc2ccc(S(=O)(=O)c3cccc(F)c3)cc2O1. The Balaban J connectivity index is 1.92. The van der Waals surface area contributed by atoms with Crippen LogP contribution in [0.1, 0.15) is 12.0 Å². The average molecular weight is 349 g/mol. The quantitative estimate of drug-likeness (QED) is 0.839. The van der Waals surface area contributed by atoms with Gasteiger partial charge in [-0.25, -0.2) is 12.8 Å². The molecule has 3 rings (SSSR count). The molecule has 0 bridgehead atoms. The third-order valence-corrected chi connectivity index (χ3v) is 5.66. The number of benzene rings is 2. The number of aryl methyl sites for hydroxylation is 1. The molecule has 1 amide bonds. The minimum atomic E-state index is -3.82. The Kier molecular flexibility index (Phi) is 4.53. The van der Waals surface area contributed by atoms with Crippen molar-refractivity contribution in [2.75, 3.05) is 6.54 Å². The van der Waals surface area contributed by atoms with Gasteiger partial charge >= 0.3 is 0 Å². The van der Waals surface area contributed by atoms with E-state index < -0.39 is 15.7 Å². The molecule has 0 saturated carbocycles. The molecule has 1 aliphatic heterocycles. The van der Waals surface area contributed by atoms with Crippen molar-refractivity contribution in [3.8, 4) is 5.75 Å². The Hall–Kier alpha value is -2.41. The summed E-state index contributed by atoms with van der Waals surface area (Å²) in [6.45, 7) is 0.365. The fourth-order valence-electron chi connectivity index (χ4n) is 2.67. The first-order valence-electron chi connectivity index (χ1n) is 7.48. The zero-order valence-electron chi connectivity index (χ0n) is 12.7. The molecule has 1 aliphatic rings. The second kappa shape index (κ2) is 6.60. The molecule has 126 valence electrons. The molecule has 1 heterocycles. The van der Waals surface area contributed by atoms with Crippen LogP contribution in [0.15, 0.2) is 52.3 Å². The highest BCUT2D eigenvalue weighted by atomic mass is 32.2. The van der Waals surface area contributed by atoms with Crippen molar-refractivity contribution < 1.29 is 22.3 Å². The van der Waals surface area contributed by atoms with E-state index in [1.54, 1.807) is 6.07 Å². The molecule has 7 heteroatoms. The molecule has 0 aliphatic carbocycles. The second-order valence-corrected chi connectivity index (χ2v) is 7.48. The number of rotatable bonds is 5. The van der Waals surface area contributed by atoms with Crippen molar-refractivity contribution in [2.24, 2.45) is 0 Å². The molecule has 0 aromatic heterocycles. The fraction of sp³-hybridized carbons (Fsp3) is 0.235. The number of carbonyl (C=O) groups is 1. The smallest absolute Gasteiger partial charge is 0.207 e.